The minimum absolute atomic E-state index is 0.0844. The van der Waals surface area contributed by atoms with Gasteiger partial charge in [-0.3, -0.25) is 19.8 Å². The fraction of sp³-hybridized carbons (Fsp3) is 0.500. The van der Waals surface area contributed by atoms with Crippen LogP contribution in [0.2, 0.25) is 0 Å². The molecule has 1 fully saturated rings. The van der Waals surface area contributed by atoms with Crippen molar-refractivity contribution < 1.29 is 32.3 Å². The topological polar surface area (TPSA) is 134 Å². The first-order valence-electron chi connectivity index (χ1n) is 12.9. The highest BCUT2D eigenvalue weighted by Crippen LogP contribution is 2.37. The Labute approximate surface area is 232 Å². The van der Waals surface area contributed by atoms with Gasteiger partial charge in [-0.1, -0.05) is 6.92 Å². The lowest BCUT2D eigenvalue weighted by molar-refractivity contribution is -0.0440. The number of thiophene rings is 1. The van der Waals surface area contributed by atoms with Crippen molar-refractivity contribution in [1.82, 2.24) is 14.5 Å². The minimum atomic E-state index is -3.75. The van der Waals surface area contributed by atoms with Gasteiger partial charge in [0.1, 0.15) is 5.00 Å². The number of carbonyl (C=O) groups excluding carboxylic acids is 3. The summed E-state index contributed by atoms with van der Waals surface area (Å²) in [7, 11) is -3.75. The van der Waals surface area contributed by atoms with E-state index in [2.05, 4.69) is 22.5 Å². The molecule has 0 saturated carbocycles. The molecule has 0 aliphatic carbocycles. The molecule has 4 rings (SSSR count). The molecule has 212 valence electrons. The summed E-state index contributed by atoms with van der Waals surface area (Å²) in [5, 5.41) is 5.37. The smallest absolute Gasteiger partial charge is 0.414 e. The Morgan fingerprint density at radius 1 is 1.08 bits per heavy atom. The largest absolute Gasteiger partial charge is 0.450 e. The van der Waals surface area contributed by atoms with E-state index < -0.39 is 27.9 Å². The molecule has 2 aliphatic rings. The molecule has 3 heterocycles. The van der Waals surface area contributed by atoms with E-state index in [0.717, 1.165) is 23.5 Å². The fourth-order valence-electron chi connectivity index (χ4n) is 4.81. The van der Waals surface area contributed by atoms with Crippen LogP contribution < -0.4 is 10.6 Å². The highest BCUT2D eigenvalue weighted by atomic mass is 32.2. The standard InChI is InChI=1S/C26H34N4O7S2/c1-5-29-12-11-20-21(15-29)38-25(22(20)24(32)28-26(33)36-6-2)27-23(31)18-7-9-19(10-8-18)39(34,35)30-13-16(3)37-17(4)14-30/h7-10,16-17H,5-6,11-15H2,1-4H3,(H,27,31)(H,28,32,33). The van der Waals surface area contributed by atoms with Crippen LogP contribution in [0, 0.1) is 0 Å². The Morgan fingerprint density at radius 3 is 2.36 bits per heavy atom. The van der Waals surface area contributed by atoms with Gasteiger partial charge in [-0.05, 0) is 63.6 Å². The maximum atomic E-state index is 13.2. The normalized spacial score (nSPS) is 20.2. The van der Waals surface area contributed by atoms with Crippen molar-refractivity contribution in [2.75, 3.05) is 38.1 Å². The zero-order valence-corrected chi connectivity index (χ0v) is 24.1. The number of nitrogens with zero attached hydrogens (tertiary/aromatic N) is 2. The lowest BCUT2D eigenvalue weighted by Gasteiger charge is -2.34. The molecule has 0 bridgehead atoms. The Morgan fingerprint density at radius 2 is 1.74 bits per heavy atom. The van der Waals surface area contributed by atoms with Crippen molar-refractivity contribution in [3.8, 4) is 0 Å². The van der Waals surface area contributed by atoms with E-state index in [1.54, 1.807) is 6.92 Å². The van der Waals surface area contributed by atoms with Gasteiger partial charge < -0.3 is 14.8 Å². The predicted molar refractivity (Wildman–Crippen MR) is 147 cm³/mol. The summed E-state index contributed by atoms with van der Waals surface area (Å²) in [6.07, 6.45) is -0.687. The summed E-state index contributed by atoms with van der Waals surface area (Å²) in [6, 6.07) is 5.70. The van der Waals surface area contributed by atoms with Crippen molar-refractivity contribution in [1.29, 1.82) is 0 Å². The SMILES string of the molecule is CCOC(=O)NC(=O)c1c(NC(=O)c2ccc(S(=O)(=O)N3CC(C)OC(C)C3)cc2)sc2c1CCN(CC)C2. The molecule has 1 aromatic heterocycles. The molecule has 13 heteroatoms. The highest BCUT2D eigenvalue weighted by Gasteiger charge is 2.33. The summed E-state index contributed by atoms with van der Waals surface area (Å²) < 4.78 is 38.2. The number of carbonyl (C=O) groups is 3. The number of fused-ring (bicyclic) bond motifs is 1. The number of sulfonamides is 1. The summed E-state index contributed by atoms with van der Waals surface area (Å²) in [4.78, 5) is 41.4. The molecule has 1 aromatic carbocycles. The van der Waals surface area contributed by atoms with E-state index in [0.29, 0.717) is 18.0 Å². The fourth-order valence-corrected chi connectivity index (χ4v) is 7.68. The van der Waals surface area contributed by atoms with Gasteiger partial charge in [-0.2, -0.15) is 4.31 Å². The predicted octanol–water partition coefficient (Wildman–Crippen LogP) is 3.06. The number of morpholine rings is 1. The molecular formula is C26H34N4O7S2. The monoisotopic (exact) mass is 578 g/mol. The third kappa shape index (κ3) is 6.49. The van der Waals surface area contributed by atoms with Gasteiger partial charge >= 0.3 is 6.09 Å². The third-order valence-electron chi connectivity index (χ3n) is 6.67. The summed E-state index contributed by atoms with van der Waals surface area (Å²) >= 11 is 1.30. The van der Waals surface area contributed by atoms with Crippen LogP contribution in [0.5, 0.6) is 0 Å². The molecule has 3 amide bonds. The number of imide groups is 1. The number of likely N-dealkylation sites (N-methyl/N-ethyl adjacent to an activating group) is 1. The average molecular weight is 579 g/mol. The minimum Gasteiger partial charge on any atom is -0.450 e. The first-order chi connectivity index (χ1) is 18.5. The third-order valence-corrected chi connectivity index (χ3v) is 9.65. The molecule has 1 saturated heterocycles. The zero-order chi connectivity index (χ0) is 28.3. The van der Waals surface area contributed by atoms with E-state index in [4.69, 9.17) is 9.47 Å². The van der Waals surface area contributed by atoms with Crippen LogP contribution in [-0.4, -0.2) is 80.5 Å². The second-order valence-electron chi connectivity index (χ2n) is 9.56. The number of alkyl carbamates (subject to hydrolysis) is 1. The van der Waals surface area contributed by atoms with Gasteiger partial charge in [0.05, 0.1) is 29.3 Å². The van der Waals surface area contributed by atoms with E-state index in [1.165, 1.54) is 39.9 Å². The zero-order valence-electron chi connectivity index (χ0n) is 22.5. The van der Waals surface area contributed by atoms with Crippen molar-refractivity contribution in [3.63, 3.8) is 0 Å². The number of rotatable bonds is 7. The Bertz CT molecular complexity index is 1330. The number of benzene rings is 1. The molecule has 2 aromatic rings. The van der Waals surface area contributed by atoms with Crippen LogP contribution in [-0.2, 0) is 32.5 Å². The van der Waals surface area contributed by atoms with Gasteiger partial charge in [-0.25, -0.2) is 13.2 Å². The van der Waals surface area contributed by atoms with E-state index in [1.807, 2.05) is 13.8 Å². The van der Waals surface area contributed by atoms with Crippen molar-refractivity contribution in [2.24, 2.45) is 0 Å². The van der Waals surface area contributed by atoms with Gasteiger partial charge in [0.2, 0.25) is 10.0 Å². The number of hydrogen-bond donors (Lipinski definition) is 2. The highest BCUT2D eigenvalue weighted by molar-refractivity contribution is 7.89. The molecule has 11 nitrogen and oxygen atoms in total. The first kappa shape index (κ1) is 29.2. The van der Waals surface area contributed by atoms with E-state index in [-0.39, 0.29) is 47.9 Å². The lowest BCUT2D eigenvalue weighted by Crippen LogP contribution is -2.48. The molecule has 39 heavy (non-hydrogen) atoms. The summed E-state index contributed by atoms with van der Waals surface area (Å²) in [5.74, 6) is -1.13. The number of hydrogen-bond acceptors (Lipinski definition) is 9. The van der Waals surface area contributed by atoms with Crippen molar-refractivity contribution >= 4 is 44.3 Å². The maximum Gasteiger partial charge on any atom is 0.414 e. The van der Waals surface area contributed by atoms with Crippen LogP contribution in [0.4, 0.5) is 9.80 Å². The van der Waals surface area contributed by atoms with Crippen LogP contribution in [0.15, 0.2) is 29.2 Å². The van der Waals surface area contributed by atoms with Crippen LogP contribution in [0.3, 0.4) is 0 Å². The van der Waals surface area contributed by atoms with E-state index in [9.17, 15) is 22.8 Å². The molecule has 2 N–H and O–H groups in total. The summed E-state index contributed by atoms with van der Waals surface area (Å²) in [5.41, 5.74) is 1.29. The van der Waals surface area contributed by atoms with Crippen LogP contribution in [0.25, 0.3) is 0 Å². The molecular weight excluding hydrogens is 544 g/mol. The van der Waals surface area contributed by atoms with Crippen LogP contribution in [0.1, 0.15) is 58.9 Å². The molecule has 2 atom stereocenters. The van der Waals surface area contributed by atoms with E-state index >= 15 is 0 Å². The van der Waals surface area contributed by atoms with Gasteiger partial charge in [0.25, 0.3) is 11.8 Å². The lowest BCUT2D eigenvalue weighted by atomic mass is 10.0. The average Bonchev–Trinajstić information content (AvgIpc) is 3.25. The molecule has 0 spiro atoms. The quantitative estimate of drug-likeness (QED) is 0.512. The van der Waals surface area contributed by atoms with Crippen LogP contribution >= 0.6 is 11.3 Å². The number of anilines is 1. The first-order valence-corrected chi connectivity index (χ1v) is 15.2. The number of ether oxygens (including phenoxy) is 2. The van der Waals surface area contributed by atoms with Gasteiger partial charge in [0.15, 0.2) is 0 Å². The Balaban J connectivity index is 1.56. The van der Waals surface area contributed by atoms with Gasteiger partial charge in [0, 0.05) is 36.6 Å². The van der Waals surface area contributed by atoms with Crippen molar-refractivity contribution in [2.45, 2.75) is 57.8 Å². The Hall–Kier alpha value is -2.84. The molecule has 2 aliphatic heterocycles. The number of amides is 3. The maximum absolute atomic E-state index is 13.2. The Kier molecular flexibility index (Phi) is 9.07. The number of nitrogens with one attached hydrogen (secondary N) is 2. The van der Waals surface area contributed by atoms with Crippen molar-refractivity contribution in [3.05, 3.63) is 45.8 Å². The second-order valence-corrected chi connectivity index (χ2v) is 12.6. The summed E-state index contributed by atoms with van der Waals surface area (Å²) in [6.45, 7) is 10.2. The van der Waals surface area contributed by atoms with Gasteiger partial charge in [-0.15, -0.1) is 11.3 Å². The molecule has 2 unspecified atom stereocenters. The molecule has 0 radical (unpaired) electrons. The second kappa shape index (κ2) is 12.1.